The molecule has 0 spiro atoms. The highest BCUT2D eigenvalue weighted by molar-refractivity contribution is 6.08. The number of nitrogens with one attached hydrogen (secondary N) is 2. The average molecular weight is 571 g/mol. The van der Waals surface area contributed by atoms with Crippen molar-refractivity contribution < 1.29 is 4.74 Å². The number of likely N-dealkylation sites (tertiary alicyclic amines) is 2. The molecule has 2 aliphatic rings. The standard InChI is InChI=1S/C38H42N4O/c1-7-19-41(20-8-1)37(27-15-17-31-29-11-3-5-13-33(29)39-35(31)23-27)25-43-26-38(42-21-9-2-10-22-42)28-16-18-32-30-12-4-6-14-34(30)40-36(32)24-28/h3-6,11-18,23-24,37-40H,1-2,7-10,19-22,25-26H2. The first kappa shape index (κ1) is 26.9. The Labute approximate surface area is 253 Å². The van der Waals surface area contributed by atoms with E-state index in [1.807, 2.05) is 0 Å². The molecule has 0 amide bonds. The summed E-state index contributed by atoms with van der Waals surface area (Å²) < 4.78 is 6.81. The average Bonchev–Trinajstić information content (AvgIpc) is 3.63. The summed E-state index contributed by atoms with van der Waals surface area (Å²) in [6.07, 6.45) is 7.74. The van der Waals surface area contributed by atoms with Gasteiger partial charge in [0, 0.05) is 43.6 Å². The molecule has 0 bridgehead atoms. The summed E-state index contributed by atoms with van der Waals surface area (Å²) in [5.74, 6) is 0. The number of fused-ring (bicyclic) bond motifs is 6. The van der Waals surface area contributed by atoms with Crippen molar-refractivity contribution in [2.24, 2.45) is 0 Å². The first-order chi connectivity index (χ1) is 21.3. The number of nitrogens with zero attached hydrogens (tertiary/aromatic N) is 2. The van der Waals surface area contributed by atoms with Crippen LogP contribution in [0, 0.1) is 0 Å². The molecule has 43 heavy (non-hydrogen) atoms. The lowest BCUT2D eigenvalue weighted by atomic mass is 9.99. The fraction of sp³-hybridized carbons (Fsp3) is 0.368. The van der Waals surface area contributed by atoms with Crippen molar-refractivity contribution in [1.29, 1.82) is 0 Å². The van der Waals surface area contributed by atoms with E-state index >= 15 is 0 Å². The van der Waals surface area contributed by atoms with E-state index in [2.05, 4.69) is 105 Å². The van der Waals surface area contributed by atoms with Crippen LogP contribution in [0.1, 0.15) is 61.7 Å². The molecule has 2 aromatic heterocycles. The third-order valence-corrected chi connectivity index (χ3v) is 10.0. The summed E-state index contributed by atoms with van der Waals surface area (Å²) >= 11 is 0. The molecule has 4 aromatic carbocycles. The van der Waals surface area contributed by atoms with Crippen molar-refractivity contribution in [1.82, 2.24) is 19.8 Å². The minimum atomic E-state index is 0.259. The summed E-state index contributed by atoms with van der Waals surface area (Å²) in [5, 5.41) is 5.20. The molecule has 2 unspecified atom stereocenters. The van der Waals surface area contributed by atoms with E-state index in [0.29, 0.717) is 13.2 Å². The zero-order valence-corrected chi connectivity index (χ0v) is 25.0. The van der Waals surface area contributed by atoms with Crippen molar-refractivity contribution in [3.8, 4) is 0 Å². The molecular formula is C38H42N4O. The molecule has 4 heterocycles. The maximum Gasteiger partial charge on any atom is 0.0664 e. The molecular weight excluding hydrogens is 528 g/mol. The number of piperidine rings is 2. The van der Waals surface area contributed by atoms with Crippen LogP contribution in [0.3, 0.4) is 0 Å². The lowest BCUT2D eigenvalue weighted by Gasteiger charge is -2.37. The molecule has 2 atom stereocenters. The quantitative estimate of drug-likeness (QED) is 0.192. The fourth-order valence-electron chi connectivity index (χ4n) is 7.74. The van der Waals surface area contributed by atoms with Crippen LogP contribution in [-0.2, 0) is 4.74 Å². The Balaban J connectivity index is 1.08. The number of ether oxygens (including phenoxy) is 1. The molecule has 5 heteroatoms. The minimum absolute atomic E-state index is 0.259. The maximum absolute atomic E-state index is 6.81. The molecule has 6 aromatic rings. The second-order valence-electron chi connectivity index (χ2n) is 12.7. The lowest BCUT2D eigenvalue weighted by Crippen LogP contribution is -2.38. The molecule has 0 saturated carbocycles. The summed E-state index contributed by atoms with van der Waals surface area (Å²) in [5.41, 5.74) is 7.57. The van der Waals surface area contributed by atoms with Gasteiger partial charge in [0.25, 0.3) is 0 Å². The molecule has 8 rings (SSSR count). The van der Waals surface area contributed by atoms with Gasteiger partial charge in [-0.3, -0.25) is 9.80 Å². The van der Waals surface area contributed by atoms with Gasteiger partial charge in [0.05, 0.1) is 25.3 Å². The monoisotopic (exact) mass is 570 g/mol. The smallest absolute Gasteiger partial charge is 0.0664 e. The van der Waals surface area contributed by atoms with E-state index in [1.54, 1.807) is 0 Å². The predicted octanol–water partition coefficient (Wildman–Crippen LogP) is 8.73. The van der Waals surface area contributed by atoms with E-state index in [-0.39, 0.29) is 12.1 Å². The third kappa shape index (κ3) is 5.24. The molecule has 2 aliphatic heterocycles. The minimum Gasteiger partial charge on any atom is -0.377 e. The Kier molecular flexibility index (Phi) is 7.40. The van der Waals surface area contributed by atoms with Gasteiger partial charge in [-0.15, -0.1) is 0 Å². The van der Waals surface area contributed by atoms with Gasteiger partial charge in [0.15, 0.2) is 0 Å². The molecule has 0 radical (unpaired) electrons. The van der Waals surface area contributed by atoms with Crippen molar-refractivity contribution in [3.63, 3.8) is 0 Å². The third-order valence-electron chi connectivity index (χ3n) is 10.0. The summed E-state index contributed by atoms with van der Waals surface area (Å²) in [6.45, 7) is 6.00. The summed E-state index contributed by atoms with van der Waals surface area (Å²) in [6, 6.07) is 31.8. The lowest BCUT2D eigenvalue weighted by molar-refractivity contribution is 0.0113. The molecule has 2 N–H and O–H groups in total. The Bertz CT molecular complexity index is 1720. The Hall–Kier alpha value is -3.64. The van der Waals surface area contributed by atoms with Crippen molar-refractivity contribution >= 4 is 43.6 Å². The zero-order valence-electron chi connectivity index (χ0n) is 25.0. The number of benzene rings is 4. The Morgan fingerprint density at radius 2 is 0.907 bits per heavy atom. The van der Waals surface area contributed by atoms with Gasteiger partial charge in [-0.05, 0) is 87.3 Å². The number of H-pyrrole nitrogens is 2. The first-order valence-electron chi connectivity index (χ1n) is 16.4. The van der Waals surface area contributed by atoms with E-state index in [4.69, 9.17) is 4.74 Å². The normalized spacial score (nSPS) is 18.6. The number of hydrogen-bond acceptors (Lipinski definition) is 3. The maximum atomic E-state index is 6.81. The van der Waals surface area contributed by atoms with Crippen LogP contribution in [0.2, 0.25) is 0 Å². The van der Waals surface area contributed by atoms with Crippen LogP contribution >= 0.6 is 0 Å². The second kappa shape index (κ2) is 11.8. The molecule has 5 nitrogen and oxygen atoms in total. The largest absolute Gasteiger partial charge is 0.377 e. The predicted molar refractivity (Wildman–Crippen MR) is 179 cm³/mol. The van der Waals surface area contributed by atoms with E-state index in [0.717, 1.165) is 26.2 Å². The SMILES string of the molecule is c1ccc2c(c1)[nH]c1cc(C(COCC(c3ccc4c(c3)[nH]c3ccccc34)N3CCCCC3)N3CCCCC3)ccc12. The number of aromatic nitrogens is 2. The van der Waals surface area contributed by atoms with Gasteiger partial charge in [-0.2, -0.15) is 0 Å². The van der Waals surface area contributed by atoms with Gasteiger partial charge < -0.3 is 14.7 Å². The van der Waals surface area contributed by atoms with E-state index in [9.17, 15) is 0 Å². The van der Waals surface area contributed by atoms with E-state index < -0.39 is 0 Å². The van der Waals surface area contributed by atoms with Crippen LogP contribution in [0.5, 0.6) is 0 Å². The van der Waals surface area contributed by atoms with Gasteiger partial charge in [0.1, 0.15) is 0 Å². The van der Waals surface area contributed by atoms with Gasteiger partial charge in [-0.25, -0.2) is 0 Å². The van der Waals surface area contributed by atoms with Gasteiger partial charge >= 0.3 is 0 Å². The summed E-state index contributed by atoms with van der Waals surface area (Å²) in [4.78, 5) is 12.7. The number of hydrogen-bond donors (Lipinski definition) is 2. The molecule has 2 saturated heterocycles. The fourth-order valence-corrected chi connectivity index (χ4v) is 7.74. The number of aromatic amines is 2. The second-order valence-corrected chi connectivity index (χ2v) is 12.7. The van der Waals surface area contributed by atoms with Gasteiger partial charge in [0.2, 0.25) is 0 Å². The van der Waals surface area contributed by atoms with Crippen LogP contribution in [0.25, 0.3) is 43.6 Å². The highest BCUT2D eigenvalue weighted by atomic mass is 16.5. The zero-order chi connectivity index (χ0) is 28.6. The topological polar surface area (TPSA) is 47.3 Å². The van der Waals surface area contributed by atoms with E-state index in [1.165, 1.54) is 93.3 Å². The highest BCUT2D eigenvalue weighted by Gasteiger charge is 2.27. The van der Waals surface area contributed by atoms with Crippen LogP contribution in [0.15, 0.2) is 84.9 Å². The van der Waals surface area contributed by atoms with Crippen molar-refractivity contribution in [2.75, 3.05) is 39.4 Å². The van der Waals surface area contributed by atoms with Crippen LogP contribution in [0.4, 0.5) is 0 Å². The Morgan fingerprint density at radius 1 is 0.488 bits per heavy atom. The molecule has 0 aliphatic carbocycles. The Morgan fingerprint density at radius 3 is 1.37 bits per heavy atom. The highest BCUT2D eigenvalue weighted by Crippen LogP contribution is 2.34. The first-order valence-corrected chi connectivity index (χ1v) is 16.4. The number of para-hydroxylation sites is 2. The van der Waals surface area contributed by atoms with Crippen LogP contribution in [-0.4, -0.2) is 59.2 Å². The molecule has 220 valence electrons. The van der Waals surface area contributed by atoms with Crippen molar-refractivity contribution in [2.45, 2.75) is 50.6 Å². The summed E-state index contributed by atoms with van der Waals surface area (Å²) in [7, 11) is 0. The van der Waals surface area contributed by atoms with Crippen LogP contribution < -0.4 is 0 Å². The molecule has 2 fully saturated rings. The number of rotatable bonds is 8. The van der Waals surface area contributed by atoms with Crippen molar-refractivity contribution in [3.05, 3.63) is 96.1 Å². The van der Waals surface area contributed by atoms with Gasteiger partial charge in [-0.1, -0.05) is 73.5 Å².